The minimum absolute atomic E-state index is 0.0970. The van der Waals surface area contributed by atoms with E-state index in [2.05, 4.69) is 10.1 Å². The second-order valence-electron chi connectivity index (χ2n) is 5.66. The second kappa shape index (κ2) is 8.50. The lowest BCUT2D eigenvalue weighted by Gasteiger charge is -2.09. The van der Waals surface area contributed by atoms with Gasteiger partial charge in [0.1, 0.15) is 6.61 Å². The van der Waals surface area contributed by atoms with Crippen LogP contribution >= 0.6 is 11.8 Å². The first-order valence-electron chi connectivity index (χ1n) is 8.10. The molecule has 0 aliphatic carbocycles. The van der Waals surface area contributed by atoms with Crippen LogP contribution in [0.25, 0.3) is 0 Å². The van der Waals surface area contributed by atoms with Crippen LogP contribution in [0.1, 0.15) is 38.0 Å². The summed E-state index contributed by atoms with van der Waals surface area (Å²) in [6, 6.07) is 13.8. The maximum atomic E-state index is 12.5. The number of hydrogen-bond donors (Lipinski definition) is 1. The summed E-state index contributed by atoms with van der Waals surface area (Å²) in [6.45, 7) is 1.85. The smallest absolute Gasteiger partial charge is 0.339 e. The van der Waals surface area contributed by atoms with Gasteiger partial charge in [-0.15, -0.1) is 11.8 Å². The highest BCUT2D eigenvalue weighted by atomic mass is 32.2. The zero-order chi connectivity index (χ0) is 19.2. The Bertz CT molecular complexity index is 954. The van der Waals surface area contributed by atoms with Gasteiger partial charge in [-0.25, -0.2) is 4.79 Å². The number of esters is 1. The molecule has 1 amide bonds. The minimum Gasteiger partial charge on any atom is -0.457 e. The van der Waals surface area contributed by atoms with Crippen molar-refractivity contribution in [3.63, 3.8) is 0 Å². The van der Waals surface area contributed by atoms with Crippen LogP contribution in [-0.4, -0.2) is 22.0 Å². The van der Waals surface area contributed by atoms with E-state index < -0.39 is 11.9 Å². The van der Waals surface area contributed by atoms with Gasteiger partial charge in [0.15, 0.2) is 5.82 Å². The van der Waals surface area contributed by atoms with Gasteiger partial charge in [-0.05, 0) is 36.8 Å². The molecule has 0 bridgehead atoms. The first-order valence-corrected chi connectivity index (χ1v) is 9.08. The zero-order valence-corrected chi connectivity index (χ0v) is 15.4. The third-order valence-electron chi connectivity index (χ3n) is 3.64. The molecular weight excluding hydrogens is 366 g/mol. The van der Waals surface area contributed by atoms with Crippen molar-refractivity contribution in [1.82, 2.24) is 10.1 Å². The van der Waals surface area contributed by atoms with Gasteiger partial charge in [-0.2, -0.15) is 4.98 Å². The molecule has 1 heterocycles. The van der Waals surface area contributed by atoms with E-state index in [0.717, 1.165) is 10.5 Å². The lowest BCUT2D eigenvalue weighted by Crippen LogP contribution is -2.11. The molecule has 2 N–H and O–H groups in total. The number of amides is 1. The normalized spacial score (nSPS) is 10.6. The van der Waals surface area contributed by atoms with Gasteiger partial charge in [0, 0.05) is 10.5 Å². The minimum atomic E-state index is -0.499. The first-order chi connectivity index (χ1) is 13.0. The van der Waals surface area contributed by atoms with Crippen LogP contribution in [0.15, 0.2) is 57.9 Å². The summed E-state index contributed by atoms with van der Waals surface area (Å²) < 4.78 is 10.5. The molecule has 0 saturated carbocycles. The third kappa shape index (κ3) is 4.95. The van der Waals surface area contributed by atoms with Crippen molar-refractivity contribution in [3.05, 3.63) is 76.9 Å². The molecule has 0 unspecified atom stereocenters. The molecule has 0 spiro atoms. The number of primary amides is 1. The van der Waals surface area contributed by atoms with E-state index in [1.807, 2.05) is 12.1 Å². The fourth-order valence-electron chi connectivity index (χ4n) is 2.29. The topological polar surface area (TPSA) is 108 Å². The third-order valence-corrected chi connectivity index (χ3v) is 4.69. The van der Waals surface area contributed by atoms with Gasteiger partial charge in [0.05, 0.1) is 11.3 Å². The number of carbonyl (C=O) groups excluding carboxylic acids is 2. The van der Waals surface area contributed by atoms with Crippen molar-refractivity contribution in [3.8, 4) is 0 Å². The highest BCUT2D eigenvalue weighted by Crippen LogP contribution is 2.26. The van der Waals surface area contributed by atoms with E-state index in [1.165, 1.54) is 11.8 Å². The van der Waals surface area contributed by atoms with Crippen molar-refractivity contribution in [2.75, 3.05) is 0 Å². The van der Waals surface area contributed by atoms with E-state index in [-0.39, 0.29) is 6.61 Å². The Kier molecular flexibility index (Phi) is 5.87. The summed E-state index contributed by atoms with van der Waals surface area (Å²) in [5, 5.41) is 3.75. The van der Waals surface area contributed by atoms with Gasteiger partial charge in [-0.1, -0.05) is 29.4 Å². The predicted molar refractivity (Wildman–Crippen MR) is 99.1 cm³/mol. The summed E-state index contributed by atoms with van der Waals surface area (Å²) in [4.78, 5) is 28.5. The molecule has 0 aliphatic rings. The Morgan fingerprint density at radius 1 is 1.15 bits per heavy atom. The van der Waals surface area contributed by atoms with E-state index >= 15 is 0 Å². The standard InChI is InChI=1S/C19H17N3O4S/c1-12-21-17(26-22-12)11-27-16-5-3-2-4-15(16)19(24)25-10-13-6-8-14(9-7-13)18(20)23/h2-9H,10-11H2,1H3,(H2,20,23). The lowest BCUT2D eigenvalue weighted by atomic mass is 10.1. The monoisotopic (exact) mass is 383 g/mol. The van der Waals surface area contributed by atoms with E-state index in [9.17, 15) is 9.59 Å². The molecule has 1 aromatic heterocycles. The molecule has 7 nitrogen and oxygen atoms in total. The number of aryl methyl sites for hydroxylation is 1. The van der Waals surface area contributed by atoms with Gasteiger partial charge in [-0.3, -0.25) is 4.79 Å². The van der Waals surface area contributed by atoms with Crippen LogP contribution in [0.2, 0.25) is 0 Å². The molecule has 0 fully saturated rings. The Morgan fingerprint density at radius 2 is 1.89 bits per heavy atom. The first kappa shape index (κ1) is 18.7. The van der Waals surface area contributed by atoms with E-state index in [1.54, 1.807) is 43.3 Å². The average molecular weight is 383 g/mol. The van der Waals surface area contributed by atoms with Crippen LogP contribution < -0.4 is 5.73 Å². The van der Waals surface area contributed by atoms with Crippen LogP contribution in [0, 0.1) is 6.92 Å². The number of rotatable bonds is 7. The number of nitrogens with two attached hydrogens (primary N) is 1. The largest absolute Gasteiger partial charge is 0.457 e. The van der Waals surface area contributed by atoms with Crippen LogP contribution in [0.5, 0.6) is 0 Å². The van der Waals surface area contributed by atoms with Gasteiger partial charge in [0.25, 0.3) is 0 Å². The molecule has 0 aliphatic heterocycles. The highest BCUT2D eigenvalue weighted by molar-refractivity contribution is 7.98. The van der Waals surface area contributed by atoms with Crippen molar-refractivity contribution in [1.29, 1.82) is 0 Å². The molecule has 138 valence electrons. The van der Waals surface area contributed by atoms with Gasteiger partial charge < -0.3 is 15.0 Å². The van der Waals surface area contributed by atoms with Crippen molar-refractivity contribution in [2.24, 2.45) is 5.73 Å². The maximum absolute atomic E-state index is 12.5. The number of hydrogen-bond acceptors (Lipinski definition) is 7. The second-order valence-corrected chi connectivity index (χ2v) is 6.67. The Balaban J connectivity index is 1.63. The fourth-order valence-corrected chi connectivity index (χ4v) is 3.17. The predicted octanol–water partition coefficient (Wildman–Crippen LogP) is 3.13. The summed E-state index contributed by atoms with van der Waals surface area (Å²) in [5.74, 6) is 0.593. The number of carbonyl (C=O) groups is 2. The van der Waals surface area contributed by atoms with Crippen LogP contribution in [0.4, 0.5) is 0 Å². The maximum Gasteiger partial charge on any atom is 0.339 e. The number of ether oxygens (including phenoxy) is 1. The molecule has 0 saturated heterocycles. The fraction of sp³-hybridized carbons (Fsp3) is 0.158. The molecule has 8 heteroatoms. The van der Waals surface area contributed by atoms with Gasteiger partial charge in [0.2, 0.25) is 11.8 Å². The average Bonchev–Trinajstić information content (AvgIpc) is 3.10. The zero-order valence-electron chi connectivity index (χ0n) is 14.5. The number of benzene rings is 2. The van der Waals surface area contributed by atoms with Crippen molar-refractivity contribution < 1.29 is 18.8 Å². The van der Waals surface area contributed by atoms with Crippen LogP contribution in [-0.2, 0) is 17.1 Å². The molecule has 3 rings (SSSR count). The van der Waals surface area contributed by atoms with E-state index in [4.69, 9.17) is 15.0 Å². The Hall–Kier alpha value is -3.13. The SMILES string of the molecule is Cc1noc(CSc2ccccc2C(=O)OCc2ccc(C(N)=O)cc2)n1. The quantitative estimate of drug-likeness (QED) is 0.493. The molecule has 2 aromatic carbocycles. The number of thioether (sulfide) groups is 1. The van der Waals surface area contributed by atoms with E-state index in [0.29, 0.717) is 28.6 Å². The van der Waals surface area contributed by atoms with Crippen molar-refractivity contribution >= 4 is 23.6 Å². The molecule has 3 aromatic rings. The molecular formula is C19H17N3O4S. The van der Waals surface area contributed by atoms with Gasteiger partial charge >= 0.3 is 5.97 Å². The van der Waals surface area contributed by atoms with Crippen LogP contribution in [0.3, 0.4) is 0 Å². The summed E-state index contributed by atoms with van der Waals surface area (Å²) in [7, 11) is 0. The summed E-state index contributed by atoms with van der Waals surface area (Å²) >= 11 is 1.42. The summed E-state index contributed by atoms with van der Waals surface area (Å²) in [5.41, 5.74) is 6.84. The molecule has 0 radical (unpaired) electrons. The highest BCUT2D eigenvalue weighted by Gasteiger charge is 2.14. The Labute approximate surface area is 159 Å². The lowest BCUT2D eigenvalue weighted by molar-refractivity contribution is 0.0468. The summed E-state index contributed by atoms with van der Waals surface area (Å²) in [6.07, 6.45) is 0. The Morgan fingerprint density at radius 3 is 2.56 bits per heavy atom. The number of nitrogens with zero attached hydrogens (tertiary/aromatic N) is 2. The molecule has 27 heavy (non-hydrogen) atoms. The number of aromatic nitrogens is 2. The molecule has 0 atom stereocenters. The van der Waals surface area contributed by atoms with Crippen molar-refractivity contribution in [2.45, 2.75) is 24.2 Å².